The number of hydrogen-bond acceptors (Lipinski definition) is 2. The molecule has 1 N–H and O–H groups in total. The average Bonchev–Trinajstić information content (AvgIpc) is 2.78. The highest BCUT2D eigenvalue weighted by atomic mass is 28.3. The molecule has 0 aliphatic heterocycles. The Hall–Kier alpha value is -0.543. The van der Waals surface area contributed by atoms with Crippen LogP contribution in [0.4, 0.5) is 0 Å². The number of aliphatic hydroxyl groups excluding tert-OH is 1. The third kappa shape index (κ3) is 3.02. The number of rotatable bonds is 3. The third-order valence-electron chi connectivity index (χ3n) is 3.80. The smallest absolute Gasteiger partial charge is 0.123 e. The number of aliphatic hydroxyl groups is 1. The van der Waals surface area contributed by atoms with Gasteiger partial charge in [0, 0.05) is 5.56 Å². The van der Waals surface area contributed by atoms with Gasteiger partial charge in [0.25, 0.3) is 0 Å². The van der Waals surface area contributed by atoms with Gasteiger partial charge in [-0.15, -0.1) is 0 Å². The van der Waals surface area contributed by atoms with Gasteiger partial charge in [0.15, 0.2) is 0 Å². The molecule has 0 saturated heterocycles. The maximum Gasteiger partial charge on any atom is 0.123 e. The summed E-state index contributed by atoms with van der Waals surface area (Å²) in [7, 11) is -1.39. The summed E-state index contributed by atoms with van der Waals surface area (Å²) < 4.78 is 5.64. The van der Waals surface area contributed by atoms with E-state index >= 15 is 0 Å². The summed E-state index contributed by atoms with van der Waals surface area (Å²) in [5.74, 6) is 0.441. The van der Waals surface area contributed by atoms with Crippen LogP contribution < -0.4 is 5.38 Å². The van der Waals surface area contributed by atoms with Crippen LogP contribution >= 0.6 is 0 Å². The molecule has 0 amide bonds. The fraction of sp³-hybridized carbons (Fsp3) is 0.714. The van der Waals surface area contributed by atoms with E-state index in [2.05, 4.69) is 25.7 Å². The minimum Gasteiger partial charge on any atom is -0.474 e. The molecular formula is C14H24O2Si. The first-order valence-electron chi connectivity index (χ1n) is 6.75. The minimum atomic E-state index is -1.39. The SMILES string of the molecule is C[Si](C)(C)c1cc(C(O)C2CCCCC2)co1. The second kappa shape index (κ2) is 4.98. The van der Waals surface area contributed by atoms with Crippen LogP contribution in [-0.4, -0.2) is 13.2 Å². The van der Waals surface area contributed by atoms with Gasteiger partial charge >= 0.3 is 0 Å². The van der Waals surface area contributed by atoms with E-state index in [-0.39, 0.29) is 6.10 Å². The lowest BCUT2D eigenvalue weighted by Crippen LogP contribution is -2.36. The average molecular weight is 252 g/mol. The van der Waals surface area contributed by atoms with Crippen molar-refractivity contribution in [2.45, 2.75) is 57.8 Å². The van der Waals surface area contributed by atoms with Crippen molar-refractivity contribution in [2.75, 3.05) is 0 Å². The van der Waals surface area contributed by atoms with Crippen LogP contribution in [0.1, 0.15) is 43.8 Å². The van der Waals surface area contributed by atoms with E-state index in [1.54, 1.807) is 6.26 Å². The number of furan rings is 1. The van der Waals surface area contributed by atoms with Crippen LogP contribution in [0.3, 0.4) is 0 Å². The van der Waals surface area contributed by atoms with Gasteiger partial charge in [-0.2, -0.15) is 0 Å². The predicted molar refractivity (Wildman–Crippen MR) is 73.2 cm³/mol. The van der Waals surface area contributed by atoms with Crippen molar-refractivity contribution in [3.05, 3.63) is 17.9 Å². The maximum atomic E-state index is 10.4. The Morgan fingerprint density at radius 3 is 2.41 bits per heavy atom. The van der Waals surface area contributed by atoms with Crippen molar-refractivity contribution in [2.24, 2.45) is 5.92 Å². The monoisotopic (exact) mass is 252 g/mol. The quantitative estimate of drug-likeness (QED) is 0.836. The Morgan fingerprint density at radius 2 is 1.88 bits per heavy atom. The molecule has 3 heteroatoms. The highest BCUT2D eigenvalue weighted by Gasteiger charge is 2.27. The zero-order valence-corrected chi connectivity index (χ0v) is 12.2. The van der Waals surface area contributed by atoms with Crippen LogP contribution in [0.25, 0.3) is 0 Å². The van der Waals surface area contributed by atoms with Gasteiger partial charge in [0.2, 0.25) is 0 Å². The maximum absolute atomic E-state index is 10.4. The normalized spacial score (nSPS) is 20.5. The van der Waals surface area contributed by atoms with E-state index in [0.29, 0.717) is 5.92 Å². The lowest BCUT2D eigenvalue weighted by Gasteiger charge is -2.25. The fourth-order valence-electron chi connectivity index (χ4n) is 2.62. The molecule has 1 atom stereocenters. The van der Waals surface area contributed by atoms with Crippen LogP contribution in [-0.2, 0) is 0 Å². The van der Waals surface area contributed by atoms with Crippen molar-refractivity contribution >= 4 is 13.5 Å². The Bertz CT molecular complexity index is 359. The van der Waals surface area contributed by atoms with Crippen molar-refractivity contribution in [3.63, 3.8) is 0 Å². The summed E-state index contributed by atoms with van der Waals surface area (Å²) in [5.41, 5.74) is 0.995. The van der Waals surface area contributed by atoms with E-state index in [1.165, 1.54) is 19.3 Å². The standard InChI is InChI=1S/C14H24O2Si/c1-17(2,3)13-9-12(10-16-13)14(15)11-7-5-4-6-8-11/h9-11,14-15H,4-8H2,1-3H3. The molecule has 1 saturated carbocycles. The lowest BCUT2D eigenvalue weighted by atomic mass is 9.83. The second-order valence-corrected chi connectivity index (χ2v) is 11.3. The largest absolute Gasteiger partial charge is 0.474 e. The van der Waals surface area contributed by atoms with Gasteiger partial charge in [-0.05, 0) is 24.8 Å². The fourth-order valence-corrected chi connectivity index (χ4v) is 3.63. The molecule has 0 aromatic carbocycles. The molecule has 2 rings (SSSR count). The topological polar surface area (TPSA) is 33.4 Å². The summed E-state index contributed by atoms with van der Waals surface area (Å²) in [4.78, 5) is 0. The molecule has 0 spiro atoms. The highest BCUT2D eigenvalue weighted by Crippen LogP contribution is 2.34. The van der Waals surface area contributed by atoms with Crippen molar-refractivity contribution < 1.29 is 9.52 Å². The molecule has 1 aromatic rings. The Labute approximate surface area is 105 Å². The molecule has 0 radical (unpaired) electrons. The van der Waals surface area contributed by atoms with E-state index in [4.69, 9.17) is 4.42 Å². The van der Waals surface area contributed by atoms with Crippen LogP contribution in [0.15, 0.2) is 16.7 Å². The van der Waals surface area contributed by atoms with Gasteiger partial charge in [-0.3, -0.25) is 0 Å². The van der Waals surface area contributed by atoms with E-state index in [0.717, 1.165) is 23.8 Å². The van der Waals surface area contributed by atoms with Gasteiger partial charge in [-0.1, -0.05) is 38.9 Å². The van der Waals surface area contributed by atoms with Crippen LogP contribution in [0.5, 0.6) is 0 Å². The summed E-state index contributed by atoms with van der Waals surface area (Å²) in [6.45, 7) is 6.80. The first-order valence-corrected chi connectivity index (χ1v) is 10.3. The molecule has 0 bridgehead atoms. The van der Waals surface area contributed by atoms with Crippen LogP contribution in [0, 0.1) is 5.92 Å². The van der Waals surface area contributed by atoms with Gasteiger partial charge < -0.3 is 9.52 Å². The summed E-state index contributed by atoms with van der Waals surface area (Å²) in [6, 6.07) is 2.09. The van der Waals surface area contributed by atoms with Crippen molar-refractivity contribution in [3.8, 4) is 0 Å². The highest BCUT2D eigenvalue weighted by molar-refractivity contribution is 6.87. The van der Waals surface area contributed by atoms with E-state index in [1.807, 2.05) is 0 Å². The molecule has 1 fully saturated rings. The van der Waals surface area contributed by atoms with E-state index < -0.39 is 8.07 Å². The Kier molecular flexibility index (Phi) is 3.78. The third-order valence-corrected chi connectivity index (χ3v) is 5.54. The zero-order valence-electron chi connectivity index (χ0n) is 11.2. The lowest BCUT2D eigenvalue weighted by molar-refractivity contribution is 0.0843. The van der Waals surface area contributed by atoms with Crippen molar-refractivity contribution in [1.29, 1.82) is 0 Å². The molecule has 17 heavy (non-hydrogen) atoms. The molecular weight excluding hydrogens is 228 g/mol. The summed E-state index contributed by atoms with van der Waals surface area (Å²) in [6.07, 6.45) is 7.63. The first-order chi connectivity index (χ1) is 7.98. The minimum absolute atomic E-state index is 0.316. The molecule has 1 heterocycles. The molecule has 1 aromatic heterocycles. The van der Waals surface area contributed by atoms with E-state index in [9.17, 15) is 5.11 Å². The van der Waals surface area contributed by atoms with Gasteiger partial charge in [0.1, 0.15) is 8.07 Å². The molecule has 2 nitrogen and oxygen atoms in total. The molecule has 96 valence electrons. The molecule has 1 aliphatic carbocycles. The Morgan fingerprint density at radius 1 is 1.24 bits per heavy atom. The van der Waals surface area contributed by atoms with Crippen LogP contribution in [0.2, 0.25) is 19.6 Å². The second-order valence-electron chi connectivity index (χ2n) is 6.34. The predicted octanol–water partition coefficient (Wildman–Crippen LogP) is 3.44. The summed E-state index contributed by atoms with van der Waals surface area (Å²) >= 11 is 0. The molecule has 1 aliphatic rings. The zero-order chi connectivity index (χ0) is 12.5. The summed E-state index contributed by atoms with van der Waals surface area (Å²) in [5, 5.41) is 11.5. The van der Waals surface area contributed by atoms with Crippen molar-refractivity contribution in [1.82, 2.24) is 0 Å². The first kappa shape index (κ1) is 12.9. The van der Waals surface area contributed by atoms with Gasteiger partial charge in [-0.25, -0.2) is 0 Å². The Balaban J connectivity index is 2.08. The molecule has 1 unspecified atom stereocenters. The van der Waals surface area contributed by atoms with Gasteiger partial charge in [0.05, 0.1) is 17.8 Å². The number of hydrogen-bond donors (Lipinski definition) is 1.